The highest BCUT2D eigenvalue weighted by Gasteiger charge is 2.14. The monoisotopic (exact) mass is 419 g/mol. The van der Waals surface area contributed by atoms with E-state index in [2.05, 4.69) is 22.4 Å². The van der Waals surface area contributed by atoms with Crippen LogP contribution in [-0.2, 0) is 0 Å². The minimum absolute atomic E-state index is 0.148. The zero-order valence-electron chi connectivity index (χ0n) is 18.0. The van der Waals surface area contributed by atoms with Gasteiger partial charge in [0, 0.05) is 0 Å². The maximum atomic E-state index is 13.1. The van der Waals surface area contributed by atoms with Crippen LogP contribution >= 0.6 is 0 Å². The summed E-state index contributed by atoms with van der Waals surface area (Å²) in [5.41, 5.74) is 1.24. The van der Waals surface area contributed by atoms with Crippen LogP contribution in [-0.4, -0.2) is 31.2 Å². The Labute approximate surface area is 181 Å². The quantitative estimate of drug-likeness (QED) is 0.322. The lowest BCUT2D eigenvalue weighted by Gasteiger charge is -2.10. The van der Waals surface area contributed by atoms with Crippen molar-refractivity contribution in [1.82, 2.24) is 24.6 Å². The van der Waals surface area contributed by atoms with Gasteiger partial charge in [0.25, 0.3) is 11.3 Å². The fourth-order valence-corrected chi connectivity index (χ4v) is 3.88. The Hall–Kier alpha value is -3.22. The van der Waals surface area contributed by atoms with Crippen LogP contribution in [0.2, 0.25) is 0 Å². The first kappa shape index (κ1) is 21.0. The van der Waals surface area contributed by atoms with E-state index in [1.54, 1.807) is 10.6 Å². The SMILES string of the molecule is CCCCCCCCCCOc1ccc(-n2c(=O)c3ccccc3n3nnnc23)cc1. The first-order valence-corrected chi connectivity index (χ1v) is 11.2. The van der Waals surface area contributed by atoms with Gasteiger partial charge in [0.05, 0.1) is 23.2 Å². The molecule has 0 unspecified atom stereocenters. The lowest BCUT2D eigenvalue weighted by atomic mass is 10.1. The van der Waals surface area contributed by atoms with Gasteiger partial charge in [-0.15, -0.1) is 0 Å². The van der Waals surface area contributed by atoms with Gasteiger partial charge < -0.3 is 4.74 Å². The number of aromatic nitrogens is 5. The molecule has 162 valence electrons. The summed E-state index contributed by atoms with van der Waals surface area (Å²) >= 11 is 0. The van der Waals surface area contributed by atoms with Gasteiger partial charge in [-0.2, -0.15) is 4.52 Å². The van der Waals surface area contributed by atoms with Gasteiger partial charge in [-0.25, -0.2) is 4.57 Å². The molecule has 0 aliphatic carbocycles. The molecule has 0 aliphatic rings. The van der Waals surface area contributed by atoms with Crippen molar-refractivity contribution in [3.63, 3.8) is 0 Å². The number of hydrogen-bond donors (Lipinski definition) is 0. The van der Waals surface area contributed by atoms with Crippen LogP contribution in [0.15, 0.2) is 53.3 Å². The Morgan fingerprint density at radius 2 is 1.58 bits per heavy atom. The van der Waals surface area contributed by atoms with Crippen molar-refractivity contribution in [2.75, 3.05) is 6.61 Å². The van der Waals surface area contributed by atoms with E-state index in [1.165, 1.54) is 49.5 Å². The second-order valence-corrected chi connectivity index (χ2v) is 7.87. The Kier molecular flexibility index (Phi) is 6.92. The molecule has 0 radical (unpaired) electrons. The van der Waals surface area contributed by atoms with E-state index in [0.717, 1.165) is 12.2 Å². The number of nitrogens with zero attached hydrogens (tertiary/aromatic N) is 5. The van der Waals surface area contributed by atoms with E-state index in [4.69, 9.17) is 4.74 Å². The minimum atomic E-state index is -0.148. The van der Waals surface area contributed by atoms with E-state index >= 15 is 0 Å². The second kappa shape index (κ2) is 10.2. The predicted molar refractivity (Wildman–Crippen MR) is 122 cm³/mol. The van der Waals surface area contributed by atoms with E-state index in [-0.39, 0.29) is 5.56 Å². The fourth-order valence-electron chi connectivity index (χ4n) is 3.88. The van der Waals surface area contributed by atoms with Crippen molar-refractivity contribution in [2.24, 2.45) is 0 Å². The zero-order valence-corrected chi connectivity index (χ0v) is 18.0. The van der Waals surface area contributed by atoms with Crippen molar-refractivity contribution >= 4 is 16.7 Å². The average molecular weight is 420 g/mol. The minimum Gasteiger partial charge on any atom is -0.494 e. The molecule has 7 nitrogen and oxygen atoms in total. The standard InChI is InChI=1S/C24H29N5O2/c1-2-3-4-5-6-7-8-11-18-31-20-16-14-19(15-17-20)28-23(30)21-12-9-10-13-22(21)29-24(28)25-26-27-29/h9-10,12-17H,2-8,11,18H2,1H3. The topological polar surface area (TPSA) is 74.3 Å². The number of para-hydroxylation sites is 1. The lowest BCUT2D eigenvalue weighted by molar-refractivity contribution is 0.304. The summed E-state index contributed by atoms with van der Waals surface area (Å²) in [5, 5.41) is 12.4. The van der Waals surface area contributed by atoms with Gasteiger partial charge in [0.1, 0.15) is 5.75 Å². The van der Waals surface area contributed by atoms with Crippen LogP contribution in [0.4, 0.5) is 0 Å². The molecule has 31 heavy (non-hydrogen) atoms. The number of hydrogen-bond acceptors (Lipinski definition) is 5. The average Bonchev–Trinajstić information content (AvgIpc) is 3.29. The molecule has 4 rings (SSSR count). The normalized spacial score (nSPS) is 11.4. The third-order valence-corrected chi connectivity index (χ3v) is 5.58. The molecule has 0 bridgehead atoms. The first-order valence-electron chi connectivity index (χ1n) is 11.2. The highest BCUT2D eigenvalue weighted by molar-refractivity contribution is 5.80. The lowest BCUT2D eigenvalue weighted by Crippen LogP contribution is -2.21. The summed E-state index contributed by atoms with van der Waals surface area (Å²) < 4.78 is 9.00. The van der Waals surface area contributed by atoms with Gasteiger partial charge in [-0.1, -0.05) is 69.1 Å². The molecule has 0 fully saturated rings. The summed E-state index contributed by atoms with van der Waals surface area (Å²) in [7, 11) is 0. The van der Waals surface area contributed by atoms with E-state index in [0.29, 0.717) is 29.0 Å². The van der Waals surface area contributed by atoms with Crippen LogP contribution in [0.5, 0.6) is 5.75 Å². The molecule has 7 heteroatoms. The van der Waals surface area contributed by atoms with E-state index in [9.17, 15) is 4.79 Å². The van der Waals surface area contributed by atoms with E-state index < -0.39 is 0 Å². The third-order valence-electron chi connectivity index (χ3n) is 5.58. The number of tetrazole rings is 1. The summed E-state index contributed by atoms with van der Waals surface area (Å²) in [6.45, 7) is 2.96. The van der Waals surface area contributed by atoms with Crippen molar-refractivity contribution in [1.29, 1.82) is 0 Å². The smallest absolute Gasteiger partial charge is 0.267 e. The van der Waals surface area contributed by atoms with Gasteiger partial charge in [0.2, 0.25) is 0 Å². The maximum Gasteiger partial charge on any atom is 0.267 e. The Morgan fingerprint density at radius 1 is 0.871 bits per heavy atom. The number of ether oxygens (including phenoxy) is 1. The van der Waals surface area contributed by atoms with Crippen molar-refractivity contribution in [2.45, 2.75) is 58.3 Å². The third kappa shape index (κ3) is 4.76. The van der Waals surface area contributed by atoms with Crippen LogP contribution in [0.3, 0.4) is 0 Å². The molecule has 2 heterocycles. The van der Waals surface area contributed by atoms with Crippen LogP contribution in [0.25, 0.3) is 22.4 Å². The molecular formula is C24H29N5O2. The summed E-state index contributed by atoms with van der Waals surface area (Å²) in [4.78, 5) is 13.1. The molecule has 0 atom stereocenters. The molecule has 4 aromatic rings. The largest absolute Gasteiger partial charge is 0.494 e. The molecule has 0 aliphatic heterocycles. The highest BCUT2D eigenvalue weighted by atomic mass is 16.5. The molecule has 0 N–H and O–H groups in total. The van der Waals surface area contributed by atoms with Crippen molar-refractivity contribution in [3.8, 4) is 11.4 Å². The van der Waals surface area contributed by atoms with Crippen LogP contribution < -0.4 is 10.3 Å². The summed E-state index contributed by atoms with van der Waals surface area (Å²) in [6, 6.07) is 14.9. The summed E-state index contributed by atoms with van der Waals surface area (Å²) in [5.74, 6) is 1.19. The molecule has 0 spiro atoms. The number of fused-ring (bicyclic) bond motifs is 3. The van der Waals surface area contributed by atoms with Crippen LogP contribution in [0, 0.1) is 0 Å². The van der Waals surface area contributed by atoms with Crippen LogP contribution in [0.1, 0.15) is 58.3 Å². The predicted octanol–water partition coefficient (Wildman–Crippen LogP) is 4.95. The molecule has 2 aromatic heterocycles. The van der Waals surface area contributed by atoms with Crippen molar-refractivity contribution < 1.29 is 4.74 Å². The first-order chi connectivity index (χ1) is 15.3. The van der Waals surface area contributed by atoms with Gasteiger partial charge in [0.15, 0.2) is 0 Å². The second-order valence-electron chi connectivity index (χ2n) is 7.87. The maximum absolute atomic E-state index is 13.1. The van der Waals surface area contributed by atoms with Gasteiger partial charge in [-0.05, 0) is 53.2 Å². The Balaban J connectivity index is 1.40. The molecule has 0 amide bonds. The van der Waals surface area contributed by atoms with Gasteiger partial charge >= 0.3 is 0 Å². The number of benzene rings is 2. The summed E-state index contributed by atoms with van der Waals surface area (Å²) in [6.07, 6.45) is 10.2. The molecule has 0 saturated heterocycles. The van der Waals surface area contributed by atoms with Crippen molar-refractivity contribution in [3.05, 3.63) is 58.9 Å². The van der Waals surface area contributed by atoms with Gasteiger partial charge in [-0.3, -0.25) is 4.79 Å². The highest BCUT2D eigenvalue weighted by Crippen LogP contribution is 2.18. The molecule has 2 aromatic carbocycles. The Morgan fingerprint density at radius 3 is 2.35 bits per heavy atom. The molecular weight excluding hydrogens is 390 g/mol. The Bertz CT molecular complexity index is 1180. The zero-order chi connectivity index (χ0) is 21.5. The number of rotatable bonds is 11. The molecule has 0 saturated carbocycles. The number of unbranched alkanes of at least 4 members (excludes halogenated alkanes) is 7. The fraction of sp³-hybridized carbons (Fsp3) is 0.417. The van der Waals surface area contributed by atoms with E-state index in [1.807, 2.05) is 42.5 Å².